The monoisotopic (exact) mass is 385 g/mol. The van der Waals surface area contributed by atoms with Gasteiger partial charge in [-0.3, -0.25) is 4.79 Å². The Bertz CT molecular complexity index is 854. The van der Waals surface area contributed by atoms with Gasteiger partial charge in [-0.25, -0.2) is 9.37 Å². The molecule has 0 bridgehead atoms. The van der Waals surface area contributed by atoms with Gasteiger partial charge in [0.2, 0.25) is 11.9 Å². The number of anilines is 2. The van der Waals surface area contributed by atoms with E-state index in [0.29, 0.717) is 62.8 Å². The van der Waals surface area contributed by atoms with Crippen molar-refractivity contribution in [3.05, 3.63) is 47.9 Å². The van der Waals surface area contributed by atoms with Crippen LogP contribution in [0, 0.1) is 5.82 Å². The second kappa shape index (κ2) is 7.71. The lowest BCUT2D eigenvalue weighted by Crippen LogP contribution is -2.47. The molecule has 28 heavy (non-hydrogen) atoms. The lowest BCUT2D eigenvalue weighted by atomic mass is 9.87. The molecule has 0 aliphatic carbocycles. The van der Waals surface area contributed by atoms with E-state index in [9.17, 15) is 9.18 Å². The Morgan fingerprint density at radius 3 is 2.71 bits per heavy atom. The smallest absolute Gasteiger partial charge is 0.227 e. The summed E-state index contributed by atoms with van der Waals surface area (Å²) in [5, 5.41) is 0. The molecule has 3 heterocycles. The third kappa shape index (κ3) is 3.91. The molecule has 2 aliphatic heterocycles. The fraction of sp³-hybridized carbons (Fsp3) is 0.450. The van der Waals surface area contributed by atoms with Crippen LogP contribution in [0.2, 0.25) is 0 Å². The van der Waals surface area contributed by atoms with Crippen LogP contribution in [0.5, 0.6) is 0 Å². The molecule has 0 saturated carbocycles. The molecule has 1 aromatic heterocycles. The van der Waals surface area contributed by atoms with Crippen LogP contribution in [0.4, 0.5) is 16.2 Å². The van der Waals surface area contributed by atoms with Crippen LogP contribution >= 0.6 is 0 Å². The highest BCUT2D eigenvalue weighted by Gasteiger charge is 2.41. The Labute approximate surface area is 163 Å². The molecule has 0 unspecified atom stereocenters. The van der Waals surface area contributed by atoms with Crippen LogP contribution in [-0.2, 0) is 16.1 Å². The van der Waals surface area contributed by atoms with Gasteiger partial charge in [0.15, 0.2) is 0 Å². The van der Waals surface area contributed by atoms with Crippen molar-refractivity contribution in [2.24, 2.45) is 0 Å². The maximum Gasteiger partial charge on any atom is 0.227 e. The largest absolute Gasteiger partial charge is 0.384 e. The number of rotatable bonds is 3. The number of halogens is 1. The zero-order valence-corrected chi connectivity index (χ0v) is 15.7. The van der Waals surface area contributed by atoms with Crippen LogP contribution in [0.25, 0.3) is 0 Å². The number of hydrogen-bond acceptors (Lipinski definition) is 6. The number of ether oxygens (including phenoxy) is 1. The van der Waals surface area contributed by atoms with Crippen molar-refractivity contribution in [3.8, 4) is 0 Å². The number of aromatic nitrogens is 2. The van der Waals surface area contributed by atoms with Gasteiger partial charge in [0, 0.05) is 37.9 Å². The van der Waals surface area contributed by atoms with Crippen molar-refractivity contribution in [1.29, 1.82) is 0 Å². The summed E-state index contributed by atoms with van der Waals surface area (Å²) in [6.07, 6.45) is 3.39. The van der Waals surface area contributed by atoms with E-state index < -0.39 is 5.60 Å². The SMILES string of the molecule is Nc1ccnc(N2CCC3(CC2)CC(=O)N(Cc2ccccc2F)CCO3)n1. The molecule has 148 valence electrons. The fourth-order valence-corrected chi connectivity index (χ4v) is 3.88. The van der Waals surface area contributed by atoms with Gasteiger partial charge in [0.25, 0.3) is 0 Å². The van der Waals surface area contributed by atoms with Crippen LogP contribution in [0.15, 0.2) is 36.5 Å². The number of nitrogens with two attached hydrogens (primary N) is 1. The van der Waals surface area contributed by atoms with Gasteiger partial charge in [-0.05, 0) is 25.0 Å². The summed E-state index contributed by atoms with van der Waals surface area (Å²) in [5.41, 5.74) is 5.80. The summed E-state index contributed by atoms with van der Waals surface area (Å²) in [6, 6.07) is 8.23. The summed E-state index contributed by atoms with van der Waals surface area (Å²) < 4.78 is 20.1. The van der Waals surface area contributed by atoms with Gasteiger partial charge in [-0.1, -0.05) is 18.2 Å². The van der Waals surface area contributed by atoms with E-state index in [2.05, 4.69) is 14.9 Å². The highest BCUT2D eigenvalue weighted by Crippen LogP contribution is 2.33. The number of carbonyl (C=O) groups excluding carboxylic acids is 1. The van der Waals surface area contributed by atoms with E-state index in [1.165, 1.54) is 6.07 Å². The van der Waals surface area contributed by atoms with Crippen molar-refractivity contribution in [3.63, 3.8) is 0 Å². The van der Waals surface area contributed by atoms with Crippen molar-refractivity contribution in [1.82, 2.24) is 14.9 Å². The molecule has 8 heteroatoms. The first-order valence-corrected chi connectivity index (χ1v) is 9.53. The second-order valence-electron chi connectivity index (χ2n) is 7.38. The minimum absolute atomic E-state index is 0.00871. The molecule has 2 saturated heterocycles. The maximum atomic E-state index is 14.0. The van der Waals surface area contributed by atoms with E-state index in [4.69, 9.17) is 10.5 Å². The minimum atomic E-state index is -0.474. The first-order chi connectivity index (χ1) is 13.5. The van der Waals surface area contributed by atoms with Crippen LogP contribution in [0.3, 0.4) is 0 Å². The van der Waals surface area contributed by atoms with Crippen molar-refractivity contribution < 1.29 is 13.9 Å². The van der Waals surface area contributed by atoms with Crippen molar-refractivity contribution in [2.75, 3.05) is 36.9 Å². The average molecular weight is 385 g/mol. The third-order valence-electron chi connectivity index (χ3n) is 5.54. The number of benzene rings is 1. The normalized spacial score (nSPS) is 19.7. The molecule has 2 aromatic rings. The van der Waals surface area contributed by atoms with Gasteiger partial charge in [0.1, 0.15) is 11.6 Å². The van der Waals surface area contributed by atoms with Gasteiger partial charge in [-0.2, -0.15) is 4.98 Å². The molecule has 2 fully saturated rings. The molecule has 7 nitrogen and oxygen atoms in total. The number of carbonyl (C=O) groups is 1. The topological polar surface area (TPSA) is 84.6 Å². The van der Waals surface area contributed by atoms with E-state index in [1.54, 1.807) is 35.4 Å². The second-order valence-corrected chi connectivity index (χ2v) is 7.38. The first kappa shape index (κ1) is 18.6. The number of amides is 1. The predicted octanol–water partition coefficient (Wildman–Crippen LogP) is 1.99. The standard InChI is InChI=1S/C20H24FN5O2/c21-16-4-2-1-3-15(16)14-26-11-12-28-20(13-18(26)27)6-9-25(10-7-20)19-23-8-5-17(22)24-19/h1-5,8H,6-7,9-14H2,(H2,22,23,24). The number of nitrogens with zero attached hydrogens (tertiary/aromatic N) is 4. The zero-order chi connectivity index (χ0) is 19.6. The summed E-state index contributed by atoms with van der Waals surface area (Å²) in [4.78, 5) is 25.2. The van der Waals surface area contributed by atoms with E-state index in [-0.39, 0.29) is 18.3 Å². The number of piperidine rings is 1. The van der Waals surface area contributed by atoms with Gasteiger partial charge in [0.05, 0.1) is 18.6 Å². The average Bonchev–Trinajstić information content (AvgIpc) is 2.83. The number of nitrogen functional groups attached to an aromatic ring is 1. The van der Waals surface area contributed by atoms with E-state index in [1.807, 2.05) is 0 Å². The summed E-state index contributed by atoms with van der Waals surface area (Å²) in [7, 11) is 0. The van der Waals surface area contributed by atoms with Gasteiger partial charge in [-0.15, -0.1) is 0 Å². The summed E-state index contributed by atoms with van der Waals surface area (Å²) in [5.74, 6) is 0.769. The fourth-order valence-electron chi connectivity index (χ4n) is 3.88. The first-order valence-electron chi connectivity index (χ1n) is 9.53. The molecule has 0 radical (unpaired) electrons. The highest BCUT2D eigenvalue weighted by molar-refractivity contribution is 5.77. The molecule has 2 N–H and O–H groups in total. The van der Waals surface area contributed by atoms with E-state index >= 15 is 0 Å². The molecule has 0 atom stereocenters. The van der Waals surface area contributed by atoms with E-state index in [0.717, 1.165) is 0 Å². The maximum absolute atomic E-state index is 14.0. The van der Waals surface area contributed by atoms with Gasteiger partial charge >= 0.3 is 0 Å². The lowest BCUT2D eigenvalue weighted by Gasteiger charge is -2.40. The van der Waals surface area contributed by atoms with Crippen LogP contribution < -0.4 is 10.6 Å². The lowest BCUT2D eigenvalue weighted by molar-refractivity contribution is -0.134. The molecule has 1 amide bonds. The third-order valence-corrected chi connectivity index (χ3v) is 5.54. The van der Waals surface area contributed by atoms with Crippen LogP contribution in [-0.4, -0.2) is 52.6 Å². The quantitative estimate of drug-likeness (QED) is 0.870. The summed E-state index contributed by atoms with van der Waals surface area (Å²) >= 11 is 0. The number of hydrogen-bond donors (Lipinski definition) is 1. The summed E-state index contributed by atoms with van der Waals surface area (Å²) in [6.45, 7) is 2.59. The molecule has 1 aromatic carbocycles. The Hall–Kier alpha value is -2.74. The Balaban J connectivity index is 1.41. The molecule has 4 rings (SSSR count). The molecular weight excluding hydrogens is 361 g/mol. The molecular formula is C20H24FN5O2. The Morgan fingerprint density at radius 2 is 1.96 bits per heavy atom. The molecule has 2 aliphatic rings. The van der Waals surface area contributed by atoms with Gasteiger partial charge < -0.3 is 20.3 Å². The zero-order valence-electron chi connectivity index (χ0n) is 15.7. The van der Waals surface area contributed by atoms with Crippen molar-refractivity contribution in [2.45, 2.75) is 31.4 Å². The van der Waals surface area contributed by atoms with Crippen molar-refractivity contribution >= 4 is 17.7 Å². The predicted molar refractivity (Wildman–Crippen MR) is 103 cm³/mol. The van der Waals surface area contributed by atoms with Crippen LogP contribution in [0.1, 0.15) is 24.8 Å². The minimum Gasteiger partial charge on any atom is -0.384 e. The Kier molecular flexibility index (Phi) is 5.13. The molecule has 1 spiro atoms. The highest BCUT2D eigenvalue weighted by atomic mass is 19.1. The Morgan fingerprint density at radius 1 is 1.18 bits per heavy atom.